The van der Waals surface area contributed by atoms with E-state index in [0.717, 1.165) is 30.6 Å². The average molecular weight is 443 g/mol. The fraction of sp³-hybridized carbons (Fsp3) is 0.478. The van der Waals surface area contributed by atoms with Gasteiger partial charge in [0.2, 0.25) is 0 Å². The molecule has 0 atom stereocenters. The predicted octanol–water partition coefficient (Wildman–Crippen LogP) is 3.08. The number of pyridine rings is 1. The minimum absolute atomic E-state index is 0. The topological polar surface area (TPSA) is 107 Å². The number of aromatic nitrogens is 5. The Balaban J connectivity index is 0.000000583. The van der Waals surface area contributed by atoms with Crippen molar-refractivity contribution in [3.63, 3.8) is 0 Å². The maximum absolute atomic E-state index is 12.9. The van der Waals surface area contributed by atoms with E-state index in [1.807, 2.05) is 40.7 Å². The molecule has 0 aromatic carbocycles. The minimum Gasteiger partial charge on any atom is -0.394 e. The summed E-state index contributed by atoms with van der Waals surface area (Å²) >= 11 is 0. The number of rotatable bonds is 7. The van der Waals surface area contributed by atoms with Gasteiger partial charge in [-0.25, -0.2) is 9.97 Å². The highest BCUT2D eigenvalue weighted by Crippen LogP contribution is 2.22. The second-order valence-electron chi connectivity index (χ2n) is 7.68. The Kier molecular flexibility index (Phi) is 8.94. The molecule has 9 heteroatoms. The number of ether oxygens (including phenoxy) is 1. The Morgan fingerprint density at radius 1 is 1.31 bits per heavy atom. The molecule has 174 valence electrons. The standard InChI is InChI=1S/C20H24N6O.C3H8O2.H2/c1-2-26-13-16(12-22-26)18-10-15(11-19(24-18)25-9-8-21-14-25)20(27)23-17-6-4-3-5-7-17;1-5-3-2-4;/h8-14,17H,2-7H2,1H3,(H,23,27);4H,2-3H2,1H3;1H. The van der Waals surface area contributed by atoms with Crippen molar-refractivity contribution < 1.29 is 16.1 Å². The first-order valence-corrected chi connectivity index (χ1v) is 11.1. The first-order valence-electron chi connectivity index (χ1n) is 11.1. The van der Waals surface area contributed by atoms with Crippen LogP contribution >= 0.6 is 0 Å². The largest absolute Gasteiger partial charge is 0.394 e. The van der Waals surface area contributed by atoms with Gasteiger partial charge in [0.05, 0.1) is 25.1 Å². The molecule has 1 saturated carbocycles. The van der Waals surface area contributed by atoms with Crippen LogP contribution in [-0.4, -0.2) is 61.7 Å². The number of amides is 1. The van der Waals surface area contributed by atoms with Crippen molar-refractivity contribution in [1.29, 1.82) is 0 Å². The van der Waals surface area contributed by atoms with Gasteiger partial charge in [0.1, 0.15) is 12.1 Å². The van der Waals surface area contributed by atoms with Gasteiger partial charge in [-0.05, 0) is 31.9 Å². The lowest BCUT2D eigenvalue weighted by atomic mass is 9.95. The molecule has 0 unspecified atom stereocenters. The molecular formula is C23H34N6O3. The molecule has 0 radical (unpaired) electrons. The smallest absolute Gasteiger partial charge is 0.251 e. The molecule has 4 rings (SSSR count). The number of imidazole rings is 1. The molecule has 32 heavy (non-hydrogen) atoms. The summed E-state index contributed by atoms with van der Waals surface area (Å²) in [4.78, 5) is 21.7. The maximum Gasteiger partial charge on any atom is 0.251 e. The number of hydrogen-bond acceptors (Lipinski definition) is 6. The normalized spacial score (nSPS) is 14.0. The predicted molar refractivity (Wildman–Crippen MR) is 124 cm³/mol. The molecule has 3 heterocycles. The first kappa shape index (κ1) is 23.6. The summed E-state index contributed by atoms with van der Waals surface area (Å²) in [7, 11) is 1.55. The number of carbonyl (C=O) groups is 1. The van der Waals surface area contributed by atoms with E-state index in [2.05, 4.69) is 20.1 Å². The number of aryl methyl sites for hydroxylation is 1. The highest BCUT2D eigenvalue weighted by Gasteiger charge is 2.18. The van der Waals surface area contributed by atoms with Crippen molar-refractivity contribution in [3.05, 3.63) is 48.8 Å². The molecule has 0 spiro atoms. The van der Waals surface area contributed by atoms with E-state index in [1.165, 1.54) is 19.3 Å². The number of methoxy groups -OCH3 is 1. The van der Waals surface area contributed by atoms with Crippen LogP contribution in [-0.2, 0) is 11.3 Å². The molecule has 1 aliphatic rings. The van der Waals surface area contributed by atoms with E-state index in [4.69, 9.17) is 10.1 Å². The van der Waals surface area contributed by atoms with E-state index in [0.29, 0.717) is 18.0 Å². The summed E-state index contributed by atoms with van der Waals surface area (Å²) in [6.07, 6.45) is 14.7. The summed E-state index contributed by atoms with van der Waals surface area (Å²) in [5.74, 6) is 0.623. The van der Waals surface area contributed by atoms with Crippen LogP contribution in [0.3, 0.4) is 0 Å². The van der Waals surface area contributed by atoms with Crippen LogP contribution in [0, 0.1) is 0 Å². The van der Waals surface area contributed by atoms with Gasteiger partial charge in [-0.3, -0.25) is 14.0 Å². The molecule has 3 aromatic rings. The molecule has 0 bridgehead atoms. The SMILES string of the molecule is CCn1cc(-c2cc(C(=O)NC3CCCCC3)cc(-n3ccnc3)n2)cn1.COCCO.[HH]. The molecule has 0 aliphatic heterocycles. The Morgan fingerprint density at radius 3 is 2.72 bits per heavy atom. The van der Waals surface area contributed by atoms with Gasteiger partial charge in [0, 0.05) is 50.8 Å². The van der Waals surface area contributed by atoms with E-state index in [1.54, 1.807) is 25.8 Å². The lowest BCUT2D eigenvalue weighted by Crippen LogP contribution is -2.36. The second-order valence-corrected chi connectivity index (χ2v) is 7.68. The van der Waals surface area contributed by atoms with Crippen molar-refractivity contribution in [2.24, 2.45) is 0 Å². The minimum atomic E-state index is -0.0465. The zero-order chi connectivity index (χ0) is 22.8. The van der Waals surface area contributed by atoms with Gasteiger partial charge in [-0.15, -0.1) is 0 Å². The van der Waals surface area contributed by atoms with Crippen LogP contribution in [0.4, 0.5) is 0 Å². The van der Waals surface area contributed by atoms with Gasteiger partial charge >= 0.3 is 0 Å². The molecule has 1 fully saturated rings. The molecule has 1 aliphatic carbocycles. The summed E-state index contributed by atoms with van der Waals surface area (Å²) in [5, 5.41) is 15.5. The molecule has 0 saturated heterocycles. The lowest BCUT2D eigenvalue weighted by Gasteiger charge is -2.23. The molecule has 2 N–H and O–H groups in total. The quantitative estimate of drug-likeness (QED) is 0.582. The van der Waals surface area contributed by atoms with Crippen LogP contribution in [0.25, 0.3) is 17.1 Å². The van der Waals surface area contributed by atoms with E-state index < -0.39 is 0 Å². The monoisotopic (exact) mass is 442 g/mol. The van der Waals surface area contributed by atoms with Gasteiger partial charge in [0.25, 0.3) is 5.91 Å². The fourth-order valence-electron chi connectivity index (χ4n) is 3.60. The van der Waals surface area contributed by atoms with Gasteiger partial charge in [-0.1, -0.05) is 19.3 Å². The first-order chi connectivity index (χ1) is 15.6. The highest BCUT2D eigenvalue weighted by molar-refractivity contribution is 5.95. The number of aliphatic hydroxyl groups excluding tert-OH is 1. The molecule has 3 aromatic heterocycles. The van der Waals surface area contributed by atoms with Crippen LogP contribution in [0.5, 0.6) is 0 Å². The zero-order valence-electron chi connectivity index (χ0n) is 18.8. The van der Waals surface area contributed by atoms with Gasteiger partial charge < -0.3 is 15.2 Å². The summed E-state index contributed by atoms with van der Waals surface area (Å²) in [6, 6.07) is 3.92. The van der Waals surface area contributed by atoms with Crippen molar-refractivity contribution in [2.45, 2.75) is 51.6 Å². The summed E-state index contributed by atoms with van der Waals surface area (Å²) in [5.41, 5.74) is 2.23. The lowest BCUT2D eigenvalue weighted by molar-refractivity contribution is 0.0927. The number of hydrogen-bond donors (Lipinski definition) is 2. The zero-order valence-corrected chi connectivity index (χ0v) is 18.8. The van der Waals surface area contributed by atoms with Crippen LogP contribution < -0.4 is 5.32 Å². The molecular weight excluding hydrogens is 408 g/mol. The Labute approximate surface area is 189 Å². The summed E-state index contributed by atoms with van der Waals surface area (Å²) < 4.78 is 8.10. The Bertz CT molecular complexity index is 968. The number of nitrogens with one attached hydrogen (secondary N) is 1. The number of aliphatic hydroxyl groups is 1. The van der Waals surface area contributed by atoms with E-state index >= 15 is 0 Å². The Hall–Kier alpha value is -3.04. The van der Waals surface area contributed by atoms with Crippen LogP contribution in [0.15, 0.2) is 43.2 Å². The second kappa shape index (κ2) is 12.1. The third kappa shape index (κ3) is 6.48. The third-order valence-electron chi connectivity index (χ3n) is 5.33. The molecule has 9 nitrogen and oxygen atoms in total. The van der Waals surface area contributed by atoms with Crippen molar-refractivity contribution in [2.75, 3.05) is 20.3 Å². The van der Waals surface area contributed by atoms with Crippen LogP contribution in [0.1, 0.15) is 50.8 Å². The third-order valence-corrected chi connectivity index (χ3v) is 5.33. The van der Waals surface area contributed by atoms with E-state index in [9.17, 15) is 4.79 Å². The van der Waals surface area contributed by atoms with Crippen LogP contribution in [0.2, 0.25) is 0 Å². The van der Waals surface area contributed by atoms with Crippen molar-refractivity contribution in [1.82, 2.24) is 29.6 Å². The number of nitrogens with zero attached hydrogens (tertiary/aromatic N) is 5. The van der Waals surface area contributed by atoms with E-state index in [-0.39, 0.29) is 20.0 Å². The van der Waals surface area contributed by atoms with Crippen molar-refractivity contribution in [3.8, 4) is 17.1 Å². The average Bonchev–Trinajstić information content (AvgIpc) is 3.53. The van der Waals surface area contributed by atoms with Crippen molar-refractivity contribution >= 4 is 5.91 Å². The van der Waals surface area contributed by atoms with Gasteiger partial charge in [0.15, 0.2) is 0 Å². The fourth-order valence-corrected chi connectivity index (χ4v) is 3.60. The summed E-state index contributed by atoms with van der Waals surface area (Å²) in [6.45, 7) is 3.39. The maximum atomic E-state index is 12.9. The molecule has 1 amide bonds. The number of carbonyl (C=O) groups excluding carboxylic acids is 1. The highest BCUT2D eigenvalue weighted by atomic mass is 16.5. The van der Waals surface area contributed by atoms with Gasteiger partial charge in [-0.2, -0.15) is 5.10 Å². The Morgan fingerprint density at radius 2 is 2.12 bits per heavy atom.